The van der Waals surface area contributed by atoms with Crippen molar-refractivity contribution >= 4 is 0 Å². The molecule has 1 aliphatic carbocycles. The van der Waals surface area contributed by atoms with Gasteiger partial charge in [0.15, 0.2) is 0 Å². The van der Waals surface area contributed by atoms with Crippen LogP contribution in [0.5, 0.6) is 5.88 Å². The SMILES string of the molecule is CCC1CCC(NCc2cc(OC)n(C)n2)CC1. The second-order valence-electron chi connectivity index (χ2n) is 5.31. The van der Waals surface area contributed by atoms with Crippen LogP contribution in [-0.2, 0) is 13.6 Å². The predicted octanol–water partition coefficient (Wildman–Crippen LogP) is 2.49. The van der Waals surface area contributed by atoms with Gasteiger partial charge in [0, 0.05) is 25.7 Å². The largest absolute Gasteiger partial charge is 0.481 e. The van der Waals surface area contributed by atoms with E-state index in [2.05, 4.69) is 17.3 Å². The number of methoxy groups -OCH3 is 1. The predicted molar refractivity (Wildman–Crippen MR) is 72.6 cm³/mol. The zero-order valence-electron chi connectivity index (χ0n) is 11.8. The highest BCUT2D eigenvalue weighted by atomic mass is 16.5. The van der Waals surface area contributed by atoms with Gasteiger partial charge in [0.2, 0.25) is 5.88 Å². The van der Waals surface area contributed by atoms with Crippen LogP contribution < -0.4 is 10.1 Å². The Bertz CT molecular complexity index is 367. The van der Waals surface area contributed by atoms with Crippen LogP contribution in [0.4, 0.5) is 0 Å². The molecule has 0 aromatic carbocycles. The summed E-state index contributed by atoms with van der Waals surface area (Å²) in [5, 5.41) is 8.04. The molecule has 0 atom stereocenters. The summed E-state index contributed by atoms with van der Waals surface area (Å²) in [4.78, 5) is 0. The van der Waals surface area contributed by atoms with Crippen LogP contribution in [-0.4, -0.2) is 22.9 Å². The van der Waals surface area contributed by atoms with Gasteiger partial charge in [-0.3, -0.25) is 0 Å². The molecule has 4 heteroatoms. The van der Waals surface area contributed by atoms with Crippen LogP contribution >= 0.6 is 0 Å². The zero-order valence-corrected chi connectivity index (χ0v) is 11.8. The van der Waals surface area contributed by atoms with Crippen molar-refractivity contribution in [2.24, 2.45) is 13.0 Å². The summed E-state index contributed by atoms with van der Waals surface area (Å²) in [6.45, 7) is 3.15. The fourth-order valence-electron chi connectivity index (χ4n) is 2.81. The van der Waals surface area contributed by atoms with E-state index < -0.39 is 0 Å². The first-order valence-corrected chi connectivity index (χ1v) is 7.03. The molecule has 1 heterocycles. The number of aryl methyl sites for hydroxylation is 1. The third-order valence-corrected chi connectivity index (χ3v) is 4.09. The lowest BCUT2D eigenvalue weighted by Crippen LogP contribution is -2.32. The van der Waals surface area contributed by atoms with Gasteiger partial charge in [-0.25, -0.2) is 4.68 Å². The maximum atomic E-state index is 5.22. The summed E-state index contributed by atoms with van der Waals surface area (Å²) in [5.41, 5.74) is 1.06. The molecule has 1 aromatic rings. The van der Waals surface area contributed by atoms with Gasteiger partial charge in [0.25, 0.3) is 0 Å². The van der Waals surface area contributed by atoms with Gasteiger partial charge >= 0.3 is 0 Å². The van der Waals surface area contributed by atoms with E-state index in [1.807, 2.05) is 13.1 Å². The lowest BCUT2D eigenvalue weighted by Gasteiger charge is -2.28. The average Bonchev–Trinajstić information content (AvgIpc) is 2.77. The number of rotatable bonds is 5. The Morgan fingerprint density at radius 3 is 2.67 bits per heavy atom. The van der Waals surface area contributed by atoms with Crippen LogP contribution in [0.15, 0.2) is 6.07 Å². The highest BCUT2D eigenvalue weighted by molar-refractivity contribution is 5.15. The van der Waals surface area contributed by atoms with Crippen molar-refractivity contribution in [2.75, 3.05) is 7.11 Å². The molecule has 0 saturated heterocycles. The van der Waals surface area contributed by atoms with Gasteiger partial charge in [0.05, 0.1) is 12.8 Å². The molecule has 1 saturated carbocycles. The molecule has 1 aliphatic rings. The van der Waals surface area contributed by atoms with Crippen molar-refractivity contribution in [1.29, 1.82) is 0 Å². The first-order chi connectivity index (χ1) is 8.72. The molecule has 1 N–H and O–H groups in total. The van der Waals surface area contributed by atoms with Crippen LogP contribution in [0.1, 0.15) is 44.7 Å². The number of ether oxygens (including phenoxy) is 1. The number of nitrogens with zero attached hydrogens (tertiary/aromatic N) is 2. The smallest absolute Gasteiger partial charge is 0.211 e. The lowest BCUT2D eigenvalue weighted by molar-refractivity contribution is 0.284. The molecule has 0 aliphatic heterocycles. The van der Waals surface area contributed by atoms with E-state index in [1.54, 1.807) is 11.8 Å². The lowest BCUT2D eigenvalue weighted by atomic mass is 9.84. The summed E-state index contributed by atoms with van der Waals surface area (Å²) in [6, 6.07) is 2.67. The number of aromatic nitrogens is 2. The topological polar surface area (TPSA) is 39.1 Å². The molecule has 0 radical (unpaired) electrons. The Hall–Kier alpha value is -1.03. The van der Waals surface area contributed by atoms with E-state index in [4.69, 9.17) is 4.74 Å². The molecule has 1 fully saturated rings. The third kappa shape index (κ3) is 3.25. The Morgan fingerprint density at radius 1 is 1.39 bits per heavy atom. The van der Waals surface area contributed by atoms with Crippen molar-refractivity contribution in [1.82, 2.24) is 15.1 Å². The minimum Gasteiger partial charge on any atom is -0.481 e. The zero-order chi connectivity index (χ0) is 13.0. The molecule has 0 bridgehead atoms. The maximum absolute atomic E-state index is 5.22. The van der Waals surface area contributed by atoms with Crippen LogP contribution in [0, 0.1) is 5.92 Å². The summed E-state index contributed by atoms with van der Waals surface area (Å²) < 4.78 is 7.00. The second kappa shape index (κ2) is 6.23. The van der Waals surface area contributed by atoms with Gasteiger partial charge in [0.1, 0.15) is 0 Å². The molecular weight excluding hydrogens is 226 g/mol. The van der Waals surface area contributed by atoms with Crippen molar-refractivity contribution in [3.8, 4) is 5.88 Å². The third-order valence-electron chi connectivity index (χ3n) is 4.09. The molecule has 18 heavy (non-hydrogen) atoms. The van der Waals surface area contributed by atoms with Crippen LogP contribution in [0.2, 0.25) is 0 Å². The van der Waals surface area contributed by atoms with Crippen molar-refractivity contribution in [3.63, 3.8) is 0 Å². The fraction of sp³-hybridized carbons (Fsp3) is 0.786. The molecule has 1 aromatic heterocycles. The van der Waals surface area contributed by atoms with E-state index >= 15 is 0 Å². The van der Waals surface area contributed by atoms with E-state index in [0.717, 1.165) is 24.0 Å². The second-order valence-corrected chi connectivity index (χ2v) is 5.31. The highest BCUT2D eigenvalue weighted by Gasteiger charge is 2.19. The minimum atomic E-state index is 0.667. The Balaban J connectivity index is 1.77. The Morgan fingerprint density at radius 2 is 2.11 bits per heavy atom. The van der Waals surface area contributed by atoms with E-state index in [-0.39, 0.29) is 0 Å². The average molecular weight is 251 g/mol. The standard InChI is InChI=1S/C14H25N3O/c1-4-11-5-7-12(8-6-11)15-10-13-9-14(18-3)17(2)16-13/h9,11-12,15H,4-8,10H2,1-3H3. The molecular formula is C14H25N3O. The van der Waals surface area contributed by atoms with Gasteiger partial charge in [-0.05, 0) is 31.6 Å². The quantitative estimate of drug-likeness (QED) is 0.874. The van der Waals surface area contributed by atoms with Gasteiger partial charge in [-0.1, -0.05) is 13.3 Å². The molecule has 0 spiro atoms. The fourth-order valence-corrected chi connectivity index (χ4v) is 2.81. The Labute approximate surface area is 110 Å². The maximum Gasteiger partial charge on any atom is 0.211 e. The van der Waals surface area contributed by atoms with Crippen LogP contribution in [0.3, 0.4) is 0 Å². The van der Waals surface area contributed by atoms with Gasteiger partial charge in [-0.15, -0.1) is 0 Å². The highest BCUT2D eigenvalue weighted by Crippen LogP contribution is 2.26. The van der Waals surface area contributed by atoms with Crippen molar-refractivity contribution in [3.05, 3.63) is 11.8 Å². The molecule has 102 valence electrons. The molecule has 2 rings (SSSR count). The van der Waals surface area contributed by atoms with Crippen LogP contribution in [0.25, 0.3) is 0 Å². The monoisotopic (exact) mass is 251 g/mol. The van der Waals surface area contributed by atoms with E-state index in [9.17, 15) is 0 Å². The summed E-state index contributed by atoms with van der Waals surface area (Å²) in [5.74, 6) is 1.78. The summed E-state index contributed by atoms with van der Waals surface area (Å²) >= 11 is 0. The normalized spacial score (nSPS) is 24.2. The van der Waals surface area contributed by atoms with Crippen molar-refractivity contribution < 1.29 is 4.74 Å². The molecule has 0 unspecified atom stereocenters. The first kappa shape index (κ1) is 13.4. The van der Waals surface area contributed by atoms with Gasteiger partial charge < -0.3 is 10.1 Å². The van der Waals surface area contributed by atoms with E-state index in [0.29, 0.717) is 6.04 Å². The molecule has 0 amide bonds. The number of hydrogen-bond acceptors (Lipinski definition) is 3. The molecule has 4 nitrogen and oxygen atoms in total. The number of hydrogen-bond donors (Lipinski definition) is 1. The van der Waals surface area contributed by atoms with Crippen molar-refractivity contribution in [2.45, 2.75) is 51.6 Å². The summed E-state index contributed by atoms with van der Waals surface area (Å²) in [6.07, 6.45) is 6.70. The van der Waals surface area contributed by atoms with Gasteiger partial charge in [-0.2, -0.15) is 5.10 Å². The van der Waals surface area contributed by atoms with E-state index in [1.165, 1.54) is 32.1 Å². The first-order valence-electron chi connectivity index (χ1n) is 7.03. The summed E-state index contributed by atoms with van der Waals surface area (Å²) in [7, 11) is 3.59. The minimum absolute atomic E-state index is 0.667. The Kier molecular flexibility index (Phi) is 4.64. The number of nitrogens with one attached hydrogen (secondary N) is 1.